The lowest BCUT2D eigenvalue weighted by atomic mass is 9.89. The van der Waals surface area contributed by atoms with Crippen molar-refractivity contribution in [2.24, 2.45) is 5.92 Å². The first-order chi connectivity index (χ1) is 9.83. The van der Waals surface area contributed by atoms with Gasteiger partial charge in [0, 0.05) is 5.69 Å². The summed E-state index contributed by atoms with van der Waals surface area (Å²) in [5.41, 5.74) is 0.305. The van der Waals surface area contributed by atoms with Gasteiger partial charge in [0.2, 0.25) is 5.91 Å². The molecule has 1 aromatic carbocycles. The Morgan fingerprint density at radius 3 is 2.52 bits per heavy atom. The molecule has 21 heavy (non-hydrogen) atoms. The molecule has 0 bridgehead atoms. The number of piperazine rings is 1. The lowest BCUT2D eigenvalue weighted by Crippen LogP contribution is -2.69. The van der Waals surface area contributed by atoms with Crippen LogP contribution < -0.4 is 10.2 Å². The van der Waals surface area contributed by atoms with Crippen LogP contribution in [0.15, 0.2) is 18.2 Å². The highest BCUT2D eigenvalue weighted by Crippen LogP contribution is 2.43. The Morgan fingerprint density at radius 2 is 1.95 bits per heavy atom. The van der Waals surface area contributed by atoms with Crippen LogP contribution in [0.1, 0.15) is 32.3 Å². The minimum absolute atomic E-state index is 0.151. The molecule has 1 heterocycles. The summed E-state index contributed by atoms with van der Waals surface area (Å²) in [6, 6.07) is 3.82. The fourth-order valence-electron chi connectivity index (χ4n) is 3.09. The summed E-state index contributed by atoms with van der Waals surface area (Å²) in [5.74, 6) is -0.560. The van der Waals surface area contributed by atoms with Crippen LogP contribution >= 0.6 is 0 Å². The summed E-state index contributed by atoms with van der Waals surface area (Å²) in [6.07, 6.45) is 1.87. The highest BCUT2D eigenvalue weighted by Gasteiger charge is 2.54. The van der Waals surface area contributed by atoms with E-state index in [1.807, 2.05) is 0 Å². The predicted molar refractivity (Wildman–Crippen MR) is 77.4 cm³/mol. The molecule has 1 saturated heterocycles. The number of amides is 2. The summed E-state index contributed by atoms with van der Waals surface area (Å²) in [6.45, 7) is 5.21. The first kappa shape index (κ1) is 14.0. The molecule has 1 aromatic rings. The minimum atomic E-state index is -0.871. The molecular weight excluding hydrogens is 271 g/mol. The van der Waals surface area contributed by atoms with Gasteiger partial charge >= 0.3 is 0 Å². The monoisotopic (exact) mass is 290 g/mol. The minimum Gasteiger partial charge on any atom is -0.340 e. The highest BCUT2D eigenvalue weighted by atomic mass is 19.1. The van der Waals surface area contributed by atoms with Crippen molar-refractivity contribution in [2.75, 3.05) is 4.90 Å². The maximum atomic E-state index is 13.7. The number of aryl methyl sites for hydroxylation is 1. The van der Waals surface area contributed by atoms with E-state index in [0.29, 0.717) is 5.69 Å². The van der Waals surface area contributed by atoms with Crippen LogP contribution in [-0.2, 0) is 9.59 Å². The average molecular weight is 290 g/mol. The Balaban J connectivity index is 2.05. The number of halogens is 1. The number of benzene rings is 1. The van der Waals surface area contributed by atoms with Crippen molar-refractivity contribution in [1.29, 1.82) is 0 Å². The van der Waals surface area contributed by atoms with Crippen LogP contribution in [0, 0.1) is 18.7 Å². The largest absolute Gasteiger partial charge is 0.340 e. The van der Waals surface area contributed by atoms with E-state index in [4.69, 9.17) is 0 Å². The Morgan fingerprint density at radius 1 is 1.29 bits per heavy atom. The van der Waals surface area contributed by atoms with Crippen LogP contribution in [0.3, 0.4) is 0 Å². The van der Waals surface area contributed by atoms with E-state index in [-0.39, 0.29) is 17.7 Å². The summed E-state index contributed by atoms with van der Waals surface area (Å²) in [5, 5.41) is 2.86. The normalized spacial score (nSPS) is 29.5. The number of nitrogens with one attached hydrogen (secondary N) is 1. The van der Waals surface area contributed by atoms with Gasteiger partial charge in [0.25, 0.3) is 5.91 Å². The molecule has 0 aromatic heterocycles. The first-order valence-electron chi connectivity index (χ1n) is 7.26. The summed E-state index contributed by atoms with van der Waals surface area (Å²) < 4.78 is 13.7. The van der Waals surface area contributed by atoms with Gasteiger partial charge in [0.15, 0.2) is 0 Å². The zero-order valence-electron chi connectivity index (χ0n) is 12.4. The molecule has 0 radical (unpaired) electrons. The van der Waals surface area contributed by atoms with Crippen molar-refractivity contribution in [2.45, 2.75) is 45.2 Å². The van der Waals surface area contributed by atoms with Gasteiger partial charge in [0.1, 0.15) is 17.4 Å². The molecule has 2 unspecified atom stereocenters. The van der Waals surface area contributed by atoms with Gasteiger partial charge in [-0.15, -0.1) is 0 Å². The smallest absolute Gasteiger partial charge is 0.253 e. The second-order valence-corrected chi connectivity index (χ2v) is 6.30. The van der Waals surface area contributed by atoms with Gasteiger partial charge in [-0.25, -0.2) is 4.39 Å². The molecule has 112 valence electrons. The van der Waals surface area contributed by atoms with Crippen molar-refractivity contribution in [3.8, 4) is 0 Å². The summed E-state index contributed by atoms with van der Waals surface area (Å²) in [7, 11) is 0. The third-order valence-corrected chi connectivity index (χ3v) is 4.51. The van der Waals surface area contributed by atoms with Gasteiger partial charge in [-0.3, -0.25) is 14.5 Å². The molecule has 4 nitrogen and oxygen atoms in total. The van der Waals surface area contributed by atoms with E-state index in [0.717, 1.165) is 18.4 Å². The molecule has 2 atom stereocenters. The van der Waals surface area contributed by atoms with Crippen molar-refractivity contribution in [1.82, 2.24) is 5.32 Å². The first-order valence-corrected chi connectivity index (χ1v) is 7.26. The molecule has 2 aliphatic rings. The molecule has 3 rings (SSSR count). The van der Waals surface area contributed by atoms with E-state index < -0.39 is 17.4 Å². The second kappa shape index (κ2) is 4.55. The van der Waals surface area contributed by atoms with Crippen molar-refractivity contribution in [3.63, 3.8) is 0 Å². The molecule has 0 spiro atoms. The average Bonchev–Trinajstić information content (AvgIpc) is 3.20. The van der Waals surface area contributed by atoms with E-state index >= 15 is 0 Å². The number of hydrogen-bond acceptors (Lipinski definition) is 2. The molecule has 2 amide bonds. The number of carbonyl (C=O) groups is 2. The van der Waals surface area contributed by atoms with Crippen molar-refractivity contribution in [3.05, 3.63) is 29.6 Å². The molecule has 1 N–H and O–H groups in total. The van der Waals surface area contributed by atoms with Crippen LogP contribution in [0.5, 0.6) is 0 Å². The van der Waals surface area contributed by atoms with Crippen LogP contribution in [0.25, 0.3) is 0 Å². The number of hydrogen-bond donors (Lipinski definition) is 1. The fraction of sp³-hybridized carbons (Fsp3) is 0.500. The van der Waals surface area contributed by atoms with Crippen molar-refractivity contribution < 1.29 is 14.0 Å². The lowest BCUT2D eigenvalue weighted by Gasteiger charge is -2.43. The SMILES string of the molecule is Cc1cc(F)cc(N2C(=O)C(C)(C3CC3)NC(=O)C2C)c1. The molecular formula is C16H19FN2O2. The van der Waals surface area contributed by atoms with E-state index in [1.165, 1.54) is 17.0 Å². The maximum absolute atomic E-state index is 13.7. The zero-order chi connectivity index (χ0) is 15.4. The number of rotatable bonds is 2. The third-order valence-electron chi connectivity index (χ3n) is 4.51. The second-order valence-electron chi connectivity index (χ2n) is 6.30. The summed E-state index contributed by atoms with van der Waals surface area (Å²) in [4.78, 5) is 26.6. The topological polar surface area (TPSA) is 49.4 Å². The molecule has 2 fully saturated rings. The highest BCUT2D eigenvalue weighted by molar-refractivity contribution is 6.10. The van der Waals surface area contributed by atoms with Gasteiger partial charge in [-0.1, -0.05) is 0 Å². The Labute approximate surface area is 123 Å². The van der Waals surface area contributed by atoms with Crippen LogP contribution in [-0.4, -0.2) is 23.4 Å². The number of carbonyl (C=O) groups excluding carboxylic acids is 2. The predicted octanol–water partition coefficient (Wildman–Crippen LogP) is 2.15. The summed E-state index contributed by atoms with van der Waals surface area (Å²) >= 11 is 0. The maximum Gasteiger partial charge on any atom is 0.253 e. The van der Waals surface area contributed by atoms with E-state index in [2.05, 4.69) is 5.32 Å². The van der Waals surface area contributed by atoms with E-state index in [9.17, 15) is 14.0 Å². The number of anilines is 1. The van der Waals surface area contributed by atoms with Crippen LogP contribution in [0.4, 0.5) is 10.1 Å². The quantitative estimate of drug-likeness (QED) is 0.907. The standard InChI is InChI=1S/C16H19FN2O2/c1-9-6-12(17)8-13(7-9)19-10(2)14(20)18-16(3,15(19)21)11-4-5-11/h6-8,10-11H,4-5H2,1-3H3,(H,18,20). The Hall–Kier alpha value is -1.91. The van der Waals surface area contributed by atoms with Crippen LogP contribution in [0.2, 0.25) is 0 Å². The molecule has 1 saturated carbocycles. The molecule has 1 aliphatic carbocycles. The van der Waals surface area contributed by atoms with E-state index in [1.54, 1.807) is 26.8 Å². The Kier molecular flexibility index (Phi) is 3.04. The van der Waals surface area contributed by atoms with Crippen molar-refractivity contribution >= 4 is 17.5 Å². The zero-order valence-corrected chi connectivity index (χ0v) is 12.4. The molecule has 1 aliphatic heterocycles. The Bertz CT molecular complexity index is 606. The lowest BCUT2D eigenvalue weighted by molar-refractivity contribution is -0.138. The number of nitrogens with zero attached hydrogens (tertiary/aromatic N) is 1. The van der Waals surface area contributed by atoms with Gasteiger partial charge < -0.3 is 5.32 Å². The third kappa shape index (κ3) is 2.20. The van der Waals surface area contributed by atoms with Gasteiger partial charge in [0.05, 0.1) is 0 Å². The van der Waals surface area contributed by atoms with Gasteiger partial charge in [-0.2, -0.15) is 0 Å². The van der Waals surface area contributed by atoms with Gasteiger partial charge in [-0.05, 0) is 63.3 Å². The molecule has 5 heteroatoms. The fourth-order valence-corrected chi connectivity index (χ4v) is 3.09.